The Morgan fingerprint density at radius 3 is 2.67 bits per heavy atom. The number of halogens is 2. The summed E-state index contributed by atoms with van der Waals surface area (Å²) < 4.78 is 6.17. The normalized spacial score (nSPS) is 15.0. The molecule has 8 heteroatoms. The highest BCUT2D eigenvalue weighted by atomic mass is 35.5. The Labute approximate surface area is 170 Å². The minimum Gasteiger partial charge on any atom is -0.448 e. The Bertz CT molecular complexity index is 994. The molecule has 2 heterocycles. The van der Waals surface area contributed by atoms with Crippen molar-refractivity contribution in [1.29, 1.82) is 0 Å². The number of ether oxygens (including phenoxy) is 1. The quantitative estimate of drug-likeness (QED) is 0.439. The van der Waals surface area contributed by atoms with Crippen molar-refractivity contribution in [2.24, 2.45) is 0 Å². The highest BCUT2D eigenvalue weighted by Gasteiger charge is 2.28. The zero-order valence-corrected chi connectivity index (χ0v) is 16.4. The van der Waals surface area contributed by atoms with Gasteiger partial charge in [-0.1, -0.05) is 65.3 Å². The van der Waals surface area contributed by atoms with Gasteiger partial charge in [-0.2, -0.15) is 4.98 Å². The summed E-state index contributed by atoms with van der Waals surface area (Å²) >= 11 is 14.2. The first-order valence-corrected chi connectivity index (χ1v) is 9.86. The monoisotopic (exact) mass is 416 g/mol. The number of benzene rings is 2. The molecule has 136 valence electrons. The smallest absolute Gasteiger partial charge is 0.247 e. The Morgan fingerprint density at radius 2 is 1.89 bits per heavy atom. The van der Waals surface area contributed by atoms with Gasteiger partial charge in [-0.15, -0.1) is 16.8 Å². The van der Waals surface area contributed by atoms with Crippen LogP contribution in [-0.4, -0.2) is 20.9 Å². The molecule has 1 aliphatic heterocycles. The van der Waals surface area contributed by atoms with Gasteiger partial charge in [-0.25, -0.2) is 0 Å². The second-order valence-corrected chi connectivity index (χ2v) is 7.47. The highest BCUT2D eigenvalue weighted by Crippen LogP contribution is 2.42. The summed E-state index contributed by atoms with van der Waals surface area (Å²) in [5.41, 5.74) is 2.88. The topological polar surface area (TPSA) is 59.9 Å². The fourth-order valence-corrected chi connectivity index (χ4v) is 3.84. The average Bonchev–Trinajstić information content (AvgIpc) is 2.82. The Kier molecular flexibility index (Phi) is 5.20. The molecule has 0 unspecified atom stereocenters. The van der Waals surface area contributed by atoms with Gasteiger partial charge in [-0.05, 0) is 18.2 Å². The van der Waals surface area contributed by atoms with E-state index in [4.69, 9.17) is 27.9 Å². The zero-order chi connectivity index (χ0) is 18.8. The number of nitrogens with zero attached hydrogens (tertiary/aromatic N) is 3. The van der Waals surface area contributed by atoms with Crippen molar-refractivity contribution >= 4 is 40.7 Å². The SMILES string of the molecule is C=CCSc1nnc2c(n1)O[C@H](c1c(Cl)cccc1Cl)Nc1ccccc1-2. The fourth-order valence-electron chi connectivity index (χ4n) is 2.73. The van der Waals surface area contributed by atoms with E-state index in [1.807, 2.05) is 24.3 Å². The molecule has 0 saturated heterocycles. The highest BCUT2D eigenvalue weighted by molar-refractivity contribution is 7.99. The second kappa shape index (κ2) is 7.76. The van der Waals surface area contributed by atoms with E-state index in [0.29, 0.717) is 38.1 Å². The molecule has 0 radical (unpaired) electrons. The largest absolute Gasteiger partial charge is 0.448 e. The maximum absolute atomic E-state index is 6.40. The lowest BCUT2D eigenvalue weighted by molar-refractivity contribution is 0.225. The van der Waals surface area contributed by atoms with Crippen molar-refractivity contribution in [2.75, 3.05) is 11.1 Å². The summed E-state index contributed by atoms with van der Waals surface area (Å²) in [6, 6.07) is 13.1. The van der Waals surface area contributed by atoms with Crippen LogP contribution in [0.25, 0.3) is 11.3 Å². The standard InChI is InChI=1S/C19H14Cl2N4OS/c1-2-10-27-19-23-18-16(24-25-19)11-6-3-4-9-14(11)22-17(26-18)15-12(20)7-5-8-13(15)21/h2-9,17,22H,1,10H2/t17-/m1/s1. The van der Waals surface area contributed by atoms with Crippen molar-refractivity contribution in [3.8, 4) is 17.1 Å². The van der Waals surface area contributed by atoms with Crippen LogP contribution in [0.3, 0.4) is 0 Å². The fraction of sp³-hybridized carbons (Fsp3) is 0.105. The van der Waals surface area contributed by atoms with E-state index in [1.165, 1.54) is 11.8 Å². The van der Waals surface area contributed by atoms with Gasteiger partial charge in [0.1, 0.15) is 0 Å². The van der Waals surface area contributed by atoms with Crippen LogP contribution in [0.15, 0.2) is 60.3 Å². The molecule has 3 aromatic rings. The van der Waals surface area contributed by atoms with E-state index in [0.717, 1.165) is 11.3 Å². The van der Waals surface area contributed by atoms with Crippen LogP contribution in [-0.2, 0) is 0 Å². The molecule has 0 fully saturated rings. The van der Waals surface area contributed by atoms with Gasteiger partial charge in [0, 0.05) is 17.0 Å². The van der Waals surface area contributed by atoms with Crippen LogP contribution in [0, 0.1) is 0 Å². The number of fused-ring (bicyclic) bond motifs is 3. The molecule has 1 N–H and O–H groups in total. The van der Waals surface area contributed by atoms with Crippen molar-refractivity contribution in [1.82, 2.24) is 15.2 Å². The predicted octanol–water partition coefficient (Wildman–Crippen LogP) is 5.63. The molecule has 0 bridgehead atoms. The van der Waals surface area contributed by atoms with Gasteiger partial charge in [0.25, 0.3) is 0 Å². The van der Waals surface area contributed by atoms with Gasteiger partial charge in [0.2, 0.25) is 17.3 Å². The predicted molar refractivity (Wildman–Crippen MR) is 110 cm³/mol. The van der Waals surface area contributed by atoms with Crippen molar-refractivity contribution in [3.05, 3.63) is 70.7 Å². The first kappa shape index (κ1) is 18.1. The minimum atomic E-state index is -0.623. The van der Waals surface area contributed by atoms with Crippen molar-refractivity contribution in [2.45, 2.75) is 11.4 Å². The summed E-state index contributed by atoms with van der Waals surface area (Å²) in [5.74, 6) is 1.05. The van der Waals surface area contributed by atoms with Gasteiger partial charge in [0.05, 0.1) is 15.6 Å². The molecule has 0 amide bonds. The van der Waals surface area contributed by atoms with E-state index in [2.05, 4.69) is 27.1 Å². The molecule has 0 saturated carbocycles. The molecule has 2 aromatic carbocycles. The second-order valence-electron chi connectivity index (χ2n) is 5.67. The molecule has 0 aliphatic carbocycles. The van der Waals surface area contributed by atoms with Gasteiger partial charge in [-0.3, -0.25) is 0 Å². The third kappa shape index (κ3) is 3.60. The molecule has 4 rings (SSSR count). The number of hydrogen-bond donors (Lipinski definition) is 1. The number of anilines is 1. The van der Waals surface area contributed by atoms with Crippen LogP contribution in [0.5, 0.6) is 5.88 Å². The number of para-hydroxylation sites is 1. The molecular formula is C19H14Cl2N4OS. The van der Waals surface area contributed by atoms with Gasteiger partial charge >= 0.3 is 0 Å². The van der Waals surface area contributed by atoms with E-state index in [1.54, 1.807) is 24.3 Å². The maximum Gasteiger partial charge on any atom is 0.247 e. The van der Waals surface area contributed by atoms with E-state index in [-0.39, 0.29) is 0 Å². The van der Waals surface area contributed by atoms with Crippen LogP contribution in [0.2, 0.25) is 10.0 Å². The van der Waals surface area contributed by atoms with Gasteiger partial charge < -0.3 is 10.1 Å². The zero-order valence-electron chi connectivity index (χ0n) is 14.0. The van der Waals surface area contributed by atoms with E-state index in [9.17, 15) is 0 Å². The molecule has 27 heavy (non-hydrogen) atoms. The molecule has 1 aromatic heterocycles. The first-order chi connectivity index (χ1) is 13.2. The number of aromatic nitrogens is 3. The Hall–Kier alpha value is -2.28. The number of rotatable bonds is 4. The number of thioether (sulfide) groups is 1. The molecule has 1 aliphatic rings. The molecule has 0 spiro atoms. The average molecular weight is 417 g/mol. The van der Waals surface area contributed by atoms with E-state index >= 15 is 0 Å². The summed E-state index contributed by atoms with van der Waals surface area (Å²) in [6.07, 6.45) is 1.16. The Morgan fingerprint density at radius 1 is 1.11 bits per heavy atom. The first-order valence-electron chi connectivity index (χ1n) is 8.12. The van der Waals surface area contributed by atoms with E-state index < -0.39 is 6.23 Å². The summed E-state index contributed by atoms with van der Waals surface area (Å²) in [4.78, 5) is 4.54. The minimum absolute atomic E-state index is 0.370. The third-order valence-electron chi connectivity index (χ3n) is 3.93. The van der Waals surface area contributed by atoms with Gasteiger partial charge in [0.15, 0.2) is 5.69 Å². The van der Waals surface area contributed by atoms with Crippen LogP contribution >= 0.6 is 35.0 Å². The summed E-state index contributed by atoms with van der Waals surface area (Å²) in [6.45, 7) is 3.71. The lowest BCUT2D eigenvalue weighted by Crippen LogP contribution is -2.18. The van der Waals surface area contributed by atoms with Crippen LogP contribution in [0.4, 0.5) is 5.69 Å². The summed E-state index contributed by atoms with van der Waals surface area (Å²) in [7, 11) is 0. The lowest BCUT2D eigenvalue weighted by atomic mass is 10.1. The van der Waals surface area contributed by atoms with Crippen molar-refractivity contribution < 1.29 is 4.74 Å². The maximum atomic E-state index is 6.40. The summed E-state index contributed by atoms with van der Waals surface area (Å²) in [5, 5.41) is 13.4. The Balaban J connectivity index is 1.85. The molecular weight excluding hydrogens is 403 g/mol. The van der Waals surface area contributed by atoms with Crippen LogP contribution in [0.1, 0.15) is 11.8 Å². The lowest BCUT2D eigenvalue weighted by Gasteiger charge is -2.21. The third-order valence-corrected chi connectivity index (χ3v) is 5.42. The number of nitrogens with one attached hydrogen (secondary N) is 1. The molecule has 5 nitrogen and oxygen atoms in total. The van der Waals surface area contributed by atoms with Crippen LogP contribution < -0.4 is 10.1 Å². The van der Waals surface area contributed by atoms with Crippen molar-refractivity contribution in [3.63, 3.8) is 0 Å². The molecule has 1 atom stereocenters. The number of hydrogen-bond acceptors (Lipinski definition) is 6.